The van der Waals surface area contributed by atoms with Crippen molar-refractivity contribution in [3.05, 3.63) is 58.1 Å². The van der Waals surface area contributed by atoms with Gasteiger partial charge in [0.1, 0.15) is 0 Å². The summed E-state index contributed by atoms with van der Waals surface area (Å²) < 4.78 is 0. The molecule has 1 amide bonds. The van der Waals surface area contributed by atoms with Crippen molar-refractivity contribution < 1.29 is 9.59 Å². The predicted molar refractivity (Wildman–Crippen MR) is 94.6 cm³/mol. The Hall–Kier alpha value is -2.04. The van der Waals surface area contributed by atoms with Gasteiger partial charge in [0.2, 0.25) is 5.91 Å². The smallest absolute Gasteiger partial charge is 0.226 e. The van der Waals surface area contributed by atoms with Gasteiger partial charge in [-0.1, -0.05) is 35.3 Å². The largest absolute Gasteiger partial charge is 0.385 e. The lowest BCUT2D eigenvalue weighted by molar-refractivity contribution is -0.115. The monoisotopic (exact) mass is 350 g/mol. The van der Waals surface area contributed by atoms with E-state index < -0.39 is 0 Å². The minimum Gasteiger partial charge on any atom is -0.385 e. The highest BCUT2D eigenvalue weighted by atomic mass is 35.5. The molecular formula is C17H16Cl2N2O2. The second-order valence-corrected chi connectivity index (χ2v) is 5.81. The number of hydrogen-bond acceptors (Lipinski definition) is 3. The molecule has 6 heteroatoms. The molecule has 0 radical (unpaired) electrons. The molecule has 0 fully saturated rings. The second-order valence-electron chi connectivity index (χ2n) is 4.99. The number of halogens is 2. The summed E-state index contributed by atoms with van der Waals surface area (Å²) in [5, 5.41) is 6.70. The summed E-state index contributed by atoms with van der Waals surface area (Å²) in [6, 6.07) is 12.1. The first-order valence-corrected chi connectivity index (χ1v) is 7.81. The van der Waals surface area contributed by atoms with Crippen molar-refractivity contribution in [3.8, 4) is 0 Å². The zero-order valence-electron chi connectivity index (χ0n) is 12.5. The molecule has 0 aromatic heterocycles. The predicted octanol–water partition coefficient (Wildman–Crippen LogP) is 4.64. The maximum atomic E-state index is 11.9. The fraction of sp³-hybridized carbons (Fsp3) is 0.176. The van der Waals surface area contributed by atoms with Crippen LogP contribution in [0.25, 0.3) is 0 Å². The summed E-state index contributed by atoms with van der Waals surface area (Å²) >= 11 is 11.7. The molecule has 2 N–H and O–H groups in total. The van der Waals surface area contributed by atoms with Gasteiger partial charge in [-0.15, -0.1) is 0 Å². The van der Waals surface area contributed by atoms with Crippen LogP contribution in [0.5, 0.6) is 0 Å². The lowest BCUT2D eigenvalue weighted by Crippen LogP contribution is -2.16. The molecule has 2 aromatic carbocycles. The third kappa shape index (κ3) is 5.27. The normalized spacial score (nSPS) is 10.2. The van der Waals surface area contributed by atoms with E-state index in [-0.39, 0.29) is 18.1 Å². The van der Waals surface area contributed by atoms with E-state index in [1.165, 1.54) is 6.92 Å². The van der Waals surface area contributed by atoms with E-state index in [2.05, 4.69) is 10.6 Å². The standard InChI is InChI=1S/C17H16Cl2N2O2/c1-11(22)12-3-2-4-13(9-12)20-8-7-17(23)21-14-5-6-15(18)16(19)10-14/h2-6,9-10,20H,7-8H2,1H3,(H,21,23). The number of amides is 1. The van der Waals surface area contributed by atoms with Crippen LogP contribution in [-0.4, -0.2) is 18.2 Å². The van der Waals surface area contributed by atoms with Crippen molar-refractivity contribution in [2.45, 2.75) is 13.3 Å². The number of carbonyl (C=O) groups is 2. The highest BCUT2D eigenvalue weighted by Gasteiger charge is 2.05. The molecular weight excluding hydrogens is 335 g/mol. The quantitative estimate of drug-likeness (QED) is 0.746. The Bertz CT molecular complexity index is 732. The van der Waals surface area contributed by atoms with Crippen LogP contribution in [0.15, 0.2) is 42.5 Å². The summed E-state index contributed by atoms with van der Waals surface area (Å²) in [6.07, 6.45) is 0.282. The molecule has 0 unspecified atom stereocenters. The molecule has 0 saturated heterocycles. The Balaban J connectivity index is 1.84. The summed E-state index contributed by atoms with van der Waals surface area (Å²) in [4.78, 5) is 23.2. The highest BCUT2D eigenvalue weighted by molar-refractivity contribution is 6.42. The number of carbonyl (C=O) groups excluding carboxylic acids is 2. The van der Waals surface area contributed by atoms with Gasteiger partial charge in [-0.2, -0.15) is 0 Å². The fourth-order valence-corrected chi connectivity index (χ4v) is 2.26. The maximum absolute atomic E-state index is 11.9. The van der Waals surface area contributed by atoms with E-state index in [0.29, 0.717) is 27.8 Å². The Morgan fingerprint density at radius 3 is 2.48 bits per heavy atom. The topological polar surface area (TPSA) is 58.2 Å². The van der Waals surface area contributed by atoms with E-state index in [1.807, 2.05) is 6.07 Å². The Morgan fingerprint density at radius 1 is 1.00 bits per heavy atom. The lowest BCUT2D eigenvalue weighted by Gasteiger charge is -2.09. The second kappa shape index (κ2) is 7.99. The molecule has 23 heavy (non-hydrogen) atoms. The average molecular weight is 351 g/mol. The first-order chi connectivity index (χ1) is 11.0. The first-order valence-electron chi connectivity index (χ1n) is 7.05. The number of benzene rings is 2. The first kappa shape index (κ1) is 17.3. The van der Waals surface area contributed by atoms with Gasteiger partial charge in [-0.25, -0.2) is 0 Å². The van der Waals surface area contributed by atoms with Gasteiger partial charge >= 0.3 is 0 Å². The Morgan fingerprint density at radius 2 is 1.78 bits per heavy atom. The van der Waals surface area contributed by atoms with E-state index in [0.717, 1.165) is 5.69 Å². The average Bonchev–Trinajstić information content (AvgIpc) is 2.51. The SMILES string of the molecule is CC(=O)c1cccc(NCCC(=O)Nc2ccc(Cl)c(Cl)c2)c1. The summed E-state index contributed by atoms with van der Waals surface area (Å²) in [7, 11) is 0. The van der Waals surface area contributed by atoms with E-state index in [4.69, 9.17) is 23.2 Å². The molecule has 0 saturated carbocycles. The van der Waals surface area contributed by atoms with Crippen LogP contribution in [0.4, 0.5) is 11.4 Å². The molecule has 2 aromatic rings. The lowest BCUT2D eigenvalue weighted by atomic mass is 10.1. The van der Waals surface area contributed by atoms with Gasteiger partial charge < -0.3 is 10.6 Å². The third-order valence-electron chi connectivity index (χ3n) is 3.15. The van der Waals surface area contributed by atoms with Crippen LogP contribution < -0.4 is 10.6 Å². The van der Waals surface area contributed by atoms with Gasteiger partial charge in [0.25, 0.3) is 0 Å². The number of hydrogen-bond donors (Lipinski definition) is 2. The number of anilines is 2. The van der Waals surface area contributed by atoms with E-state index in [1.54, 1.807) is 36.4 Å². The fourth-order valence-electron chi connectivity index (χ4n) is 1.97. The highest BCUT2D eigenvalue weighted by Crippen LogP contribution is 2.25. The molecule has 0 aliphatic carbocycles. The third-order valence-corrected chi connectivity index (χ3v) is 3.89. The van der Waals surface area contributed by atoms with Crippen LogP contribution in [-0.2, 0) is 4.79 Å². The summed E-state index contributed by atoms with van der Waals surface area (Å²) in [5.41, 5.74) is 2.04. The summed E-state index contributed by atoms with van der Waals surface area (Å²) in [6.45, 7) is 1.97. The molecule has 0 aliphatic rings. The van der Waals surface area contributed by atoms with E-state index >= 15 is 0 Å². The zero-order chi connectivity index (χ0) is 16.8. The molecule has 0 heterocycles. The van der Waals surface area contributed by atoms with E-state index in [9.17, 15) is 9.59 Å². The van der Waals surface area contributed by atoms with Gasteiger partial charge in [-0.05, 0) is 37.3 Å². The molecule has 2 rings (SSSR count). The van der Waals surface area contributed by atoms with Crippen LogP contribution in [0.1, 0.15) is 23.7 Å². The molecule has 0 spiro atoms. The van der Waals surface area contributed by atoms with Crippen molar-refractivity contribution >= 4 is 46.3 Å². The van der Waals surface area contributed by atoms with Gasteiger partial charge in [0.15, 0.2) is 5.78 Å². The molecule has 120 valence electrons. The summed E-state index contributed by atoms with van der Waals surface area (Å²) in [5.74, 6) is -0.135. The molecule has 0 aliphatic heterocycles. The van der Waals surface area contributed by atoms with Gasteiger partial charge in [0.05, 0.1) is 10.0 Å². The van der Waals surface area contributed by atoms with Crippen molar-refractivity contribution in [3.63, 3.8) is 0 Å². The van der Waals surface area contributed by atoms with Crippen LogP contribution in [0, 0.1) is 0 Å². The number of nitrogens with one attached hydrogen (secondary N) is 2. The Kier molecular flexibility index (Phi) is 6.02. The number of Topliss-reactive ketones (excluding diaryl/α,β-unsaturated/α-hetero) is 1. The maximum Gasteiger partial charge on any atom is 0.226 e. The van der Waals surface area contributed by atoms with Crippen LogP contribution >= 0.6 is 23.2 Å². The molecule has 0 bridgehead atoms. The van der Waals surface area contributed by atoms with Gasteiger partial charge in [0, 0.05) is 29.9 Å². The molecule has 0 atom stereocenters. The Labute approximate surface area is 144 Å². The minimum absolute atomic E-state index is 0.00556. The van der Waals surface area contributed by atoms with Crippen molar-refractivity contribution in [2.75, 3.05) is 17.2 Å². The number of rotatable bonds is 6. The van der Waals surface area contributed by atoms with Crippen molar-refractivity contribution in [1.82, 2.24) is 0 Å². The number of ketones is 1. The van der Waals surface area contributed by atoms with Gasteiger partial charge in [-0.3, -0.25) is 9.59 Å². The van der Waals surface area contributed by atoms with Crippen molar-refractivity contribution in [1.29, 1.82) is 0 Å². The zero-order valence-corrected chi connectivity index (χ0v) is 14.0. The molecule has 4 nitrogen and oxygen atoms in total. The van der Waals surface area contributed by atoms with Crippen molar-refractivity contribution in [2.24, 2.45) is 0 Å². The minimum atomic E-state index is -0.140. The van der Waals surface area contributed by atoms with Crippen LogP contribution in [0.2, 0.25) is 10.0 Å². The van der Waals surface area contributed by atoms with Crippen LogP contribution in [0.3, 0.4) is 0 Å².